The minimum absolute atomic E-state index is 0.0511. The van der Waals surface area contributed by atoms with Gasteiger partial charge in [-0.25, -0.2) is 0 Å². The zero-order valence-corrected chi connectivity index (χ0v) is 13.3. The van der Waals surface area contributed by atoms with E-state index < -0.39 is 0 Å². The van der Waals surface area contributed by atoms with E-state index in [1.165, 1.54) is 0 Å². The Morgan fingerprint density at radius 2 is 1.84 bits per heavy atom. The van der Waals surface area contributed by atoms with Gasteiger partial charge < -0.3 is 14.7 Å². The molecule has 5 heteroatoms. The molecule has 1 aromatic rings. The first-order valence-electron chi connectivity index (χ1n) is 6.43. The van der Waals surface area contributed by atoms with Crippen molar-refractivity contribution in [3.8, 4) is 0 Å². The van der Waals surface area contributed by atoms with Gasteiger partial charge in [0, 0.05) is 50.4 Å². The molecule has 1 amide bonds. The smallest absolute Gasteiger partial charge is 0.255 e. The van der Waals surface area contributed by atoms with E-state index in [1.807, 2.05) is 18.2 Å². The van der Waals surface area contributed by atoms with Gasteiger partial charge in [-0.15, -0.1) is 0 Å². The maximum Gasteiger partial charge on any atom is 0.255 e. The van der Waals surface area contributed by atoms with Gasteiger partial charge in [-0.2, -0.15) is 0 Å². The number of benzene rings is 1. The molecule has 0 radical (unpaired) electrons. The van der Waals surface area contributed by atoms with Crippen LogP contribution < -0.4 is 4.90 Å². The highest BCUT2D eigenvalue weighted by molar-refractivity contribution is 9.10. The summed E-state index contributed by atoms with van der Waals surface area (Å²) in [4.78, 5) is 18.5. The van der Waals surface area contributed by atoms with Crippen LogP contribution in [-0.4, -0.2) is 63.0 Å². The average Bonchev–Trinajstić information content (AvgIpc) is 2.39. The van der Waals surface area contributed by atoms with Gasteiger partial charge in [0.05, 0.1) is 5.56 Å². The molecule has 1 heterocycles. The molecule has 1 fully saturated rings. The number of carbonyl (C=O) groups excluding carboxylic acids is 1. The molecule has 0 unspecified atom stereocenters. The summed E-state index contributed by atoms with van der Waals surface area (Å²) in [6.07, 6.45) is 0. The highest BCUT2D eigenvalue weighted by Crippen LogP contribution is 2.26. The molecular formula is C14H20BrN3O. The van der Waals surface area contributed by atoms with Crippen LogP contribution in [-0.2, 0) is 0 Å². The molecular weight excluding hydrogens is 306 g/mol. The van der Waals surface area contributed by atoms with Crippen molar-refractivity contribution < 1.29 is 4.79 Å². The second-order valence-corrected chi connectivity index (χ2v) is 6.07. The summed E-state index contributed by atoms with van der Waals surface area (Å²) < 4.78 is 0.940. The van der Waals surface area contributed by atoms with Gasteiger partial charge in [0.1, 0.15) is 0 Å². The van der Waals surface area contributed by atoms with Crippen LogP contribution in [0.15, 0.2) is 22.7 Å². The molecule has 0 atom stereocenters. The number of amides is 1. The highest BCUT2D eigenvalue weighted by Gasteiger charge is 2.21. The Morgan fingerprint density at radius 3 is 2.42 bits per heavy atom. The normalized spacial score (nSPS) is 16.5. The van der Waals surface area contributed by atoms with Crippen LogP contribution in [0.1, 0.15) is 10.4 Å². The van der Waals surface area contributed by atoms with E-state index in [0.29, 0.717) is 0 Å². The Morgan fingerprint density at radius 1 is 1.21 bits per heavy atom. The second-order valence-electron chi connectivity index (χ2n) is 5.15. The van der Waals surface area contributed by atoms with Gasteiger partial charge in [-0.3, -0.25) is 4.79 Å². The first kappa shape index (κ1) is 14.3. The fourth-order valence-corrected chi connectivity index (χ4v) is 2.60. The van der Waals surface area contributed by atoms with E-state index in [0.717, 1.165) is 41.9 Å². The molecule has 19 heavy (non-hydrogen) atoms. The van der Waals surface area contributed by atoms with Gasteiger partial charge in [0.2, 0.25) is 0 Å². The topological polar surface area (TPSA) is 26.8 Å². The Kier molecular flexibility index (Phi) is 4.47. The number of hydrogen-bond acceptors (Lipinski definition) is 3. The van der Waals surface area contributed by atoms with Gasteiger partial charge in [-0.05, 0) is 25.2 Å². The molecule has 0 saturated carbocycles. The molecule has 1 aromatic carbocycles. The Hall–Kier alpha value is -1.07. The lowest BCUT2D eigenvalue weighted by Crippen LogP contribution is -2.45. The third kappa shape index (κ3) is 3.28. The number of likely N-dealkylation sites (N-methyl/N-ethyl adjacent to an activating group) is 1. The van der Waals surface area contributed by atoms with E-state index in [2.05, 4.69) is 32.8 Å². The predicted octanol–water partition coefficient (Wildman–Crippen LogP) is 1.90. The van der Waals surface area contributed by atoms with Crippen LogP contribution in [0.3, 0.4) is 0 Å². The molecule has 1 saturated heterocycles. The van der Waals surface area contributed by atoms with E-state index in [4.69, 9.17) is 0 Å². The third-order valence-corrected chi connectivity index (χ3v) is 3.93. The van der Waals surface area contributed by atoms with Gasteiger partial charge in [0.15, 0.2) is 0 Å². The fourth-order valence-electron chi connectivity index (χ4n) is 2.24. The molecule has 104 valence electrons. The maximum absolute atomic E-state index is 12.3. The monoisotopic (exact) mass is 325 g/mol. The molecule has 2 rings (SSSR count). The average molecular weight is 326 g/mol. The largest absolute Gasteiger partial charge is 0.368 e. The van der Waals surface area contributed by atoms with Crippen LogP contribution in [0.2, 0.25) is 0 Å². The first-order valence-corrected chi connectivity index (χ1v) is 7.23. The molecule has 0 aromatic heterocycles. The van der Waals surface area contributed by atoms with Crippen LogP contribution >= 0.6 is 15.9 Å². The van der Waals surface area contributed by atoms with Crippen molar-refractivity contribution in [2.24, 2.45) is 0 Å². The van der Waals surface area contributed by atoms with Crippen molar-refractivity contribution in [3.05, 3.63) is 28.2 Å². The van der Waals surface area contributed by atoms with Crippen LogP contribution in [0.4, 0.5) is 5.69 Å². The predicted molar refractivity (Wildman–Crippen MR) is 81.9 cm³/mol. The van der Waals surface area contributed by atoms with Gasteiger partial charge >= 0.3 is 0 Å². The number of anilines is 1. The highest BCUT2D eigenvalue weighted by atomic mass is 79.9. The lowest BCUT2D eigenvalue weighted by molar-refractivity contribution is 0.0828. The second kappa shape index (κ2) is 5.92. The quantitative estimate of drug-likeness (QED) is 0.831. The summed E-state index contributed by atoms with van der Waals surface area (Å²) in [5.74, 6) is 0.0511. The van der Waals surface area contributed by atoms with E-state index >= 15 is 0 Å². The Labute approximate surface area is 123 Å². The van der Waals surface area contributed by atoms with E-state index in [-0.39, 0.29) is 5.91 Å². The lowest BCUT2D eigenvalue weighted by atomic mass is 10.1. The van der Waals surface area contributed by atoms with Gasteiger partial charge in [-0.1, -0.05) is 15.9 Å². The van der Waals surface area contributed by atoms with Crippen molar-refractivity contribution in [2.75, 3.05) is 52.2 Å². The minimum atomic E-state index is 0.0511. The van der Waals surface area contributed by atoms with Crippen molar-refractivity contribution in [2.45, 2.75) is 0 Å². The Balaban J connectivity index is 2.31. The molecule has 0 spiro atoms. The minimum Gasteiger partial charge on any atom is -0.368 e. The number of hydrogen-bond donors (Lipinski definition) is 0. The summed E-state index contributed by atoms with van der Waals surface area (Å²) in [7, 11) is 5.71. The van der Waals surface area contributed by atoms with Crippen molar-refractivity contribution in [3.63, 3.8) is 0 Å². The van der Waals surface area contributed by atoms with Crippen LogP contribution in [0, 0.1) is 0 Å². The van der Waals surface area contributed by atoms with Crippen LogP contribution in [0.5, 0.6) is 0 Å². The lowest BCUT2D eigenvalue weighted by Gasteiger charge is -2.35. The van der Waals surface area contributed by atoms with Gasteiger partial charge in [0.25, 0.3) is 5.91 Å². The summed E-state index contributed by atoms with van der Waals surface area (Å²) >= 11 is 3.45. The van der Waals surface area contributed by atoms with Crippen molar-refractivity contribution in [1.29, 1.82) is 0 Å². The van der Waals surface area contributed by atoms with E-state index in [9.17, 15) is 4.79 Å². The molecule has 1 aliphatic heterocycles. The Bertz CT molecular complexity index is 468. The summed E-state index contributed by atoms with van der Waals surface area (Å²) in [5.41, 5.74) is 1.80. The van der Waals surface area contributed by atoms with Crippen LogP contribution in [0.25, 0.3) is 0 Å². The zero-order chi connectivity index (χ0) is 14.0. The summed E-state index contributed by atoms with van der Waals surface area (Å²) in [6.45, 7) is 4.00. The number of halogens is 1. The number of rotatable bonds is 2. The summed E-state index contributed by atoms with van der Waals surface area (Å²) in [5, 5.41) is 0. The number of nitrogens with zero attached hydrogens (tertiary/aromatic N) is 3. The van der Waals surface area contributed by atoms with E-state index in [1.54, 1.807) is 19.0 Å². The number of piperazine rings is 1. The molecule has 0 N–H and O–H groups in total. The number of carbonyl (C=O) groups is 1. The maximum atomic E-state index is 12.3. The fraction of sp³-hybridized carbons (Fsp3) is 0.500. The summed E-state index contributed by atoms with van der Waals surface area (Å²) in [6, 6.07) is 5.95. The first-order chi connectivity index (χ1) is 8.99. The molecule has 4 nitrogen and oxygen atoms in total. The molecule has 0 aliphatic carbocycles. The SMILES string of the molecule is CN1CCN(c2ccc(Br)cc2C(=O)N(C)C)CC1. The molecule has 1 aliphatic rings. The van der Waals surface area contributed by atoms with Crippen molar-refractivity contribution >= 4 is 27.5 Å². The standard InChI is InChI=1S/C14H20BrN3O/c1-16(2)14(19)12-10-11(15)4-5-13(12)18-8-6-17(3)7-9-18/h4-5,10H,6-9H2,1-3H3. The third-order valence-electron chi connectivity index (χ3n) is 3.44. The van der Waals surface area contributed by atoms with Crippen molar-refractivity contribution in [1.82, 2.24) is 9.80 Å². The molecule has 0 bridgehead atoms. The zero-order valence-electron chi connectivity index (χ0n) is 11.7.